The number of rotatable bonds is 15. The van der Waals surface area contributed by atoms with Crippen LogP contribution in [0.15, 0.2) is 12.3 Å². The summed E-state index contributed by atoms with van der Waals surface area (Å²) in [4.78, 5) is 97.2. The molecule has 0 radical (unpaired) electrons. The largest absolute Gasteiger partial charge is 0.492 e. The van der Waals surface area contributed by atoms with Crippen LogP contribution in [0.2, 0.25) is 0 Å². The third-order valence-corrected chi connectivity index (χ3v) is 8.20. The van der Waals surface area contributed by atoms with Crippen molar-refractivity contribution in [2.75, 3.05) is 19.8 Å². The lowest BCUT2D eigenvalue weighted by molar-refractivity contribution is -0.361. The van der Waals surface area contributed by atoms with Crippen molar-refractivity contribution in [1.82, 2.24) is 0 Å². The molecular formula is C35H48O21. The van der Waals surface area contributed by atoms with Crippen molar-refractivity contribution in [2.45, 2.75) is 136 Å². The Morgan fingerprint density at radius 1 is 0.446 bits per heavy atom. The summed E-state index contributed by atoms with van der Waals surface area (Å²) in [6.07, 6.45) is -14.2. The molecule has 0 bridgehead atoms. The summed E-state index contributed by atoms with van der Waals surface area (Å²) in [6.45, 7) is 8.91. The predicted octanol–water partition coefficient (Wildman–Crippen LogP) is 0.103. The maximum absolute atomic E-state index is 12.6. The lowest BCUT2D eigenvalue weighted by atomic mass is 9.91. The summed E-state index contributed by atoms with van der Waals surface area (Å²) < 4.78 is 73.9. The van der Waals surface area contributed by atoms with Crippen molar-refractivity contribution in [3.05, 3.63) is 12.3 Å². The second-order valence-corrected chi connectivity index (χ2v) is 12.9. The van der Waals surface area contributed by atoms with Crippen LogP contribution in [-0.4, -0.2) is 141 Å². The van der Waals surface area contributed by atoms with E-state index in [1.807, 2.05) is 0 Å². The standard InChI is InChI=1S/C35H48O21/c1-15-28(49-20(6)40)30(56-35-33(52-23(9)43)32(51-22(8)42)31(50-21(7)41)27(54-35)14-47-18(4)38)26(13-46-17(3)37)53-34(15)55-29-24(48-19(5)39)10-11-44-25(29)12-45-16(2)36/h10-11,15,24-35H,12-14H2,1-9H3/t15-,24-,25-,26-,27-,28-,29+,30-,31-,32+,33-,34-,35-/m1/s1. The molecule has 2 fully saturated rings. The quantitative estimate of drug-likeness (QED) is 0.157. The highest BCUT2D eigenvalue weighted by molar-refractivity contribution is 5.69. The van der Waals surface area contributed by atoms with Crippen LogP contribution in [0.5, 0.6) is 0 Å². The van der Waals surface area contributed by atoms with Crippen molar-refractivity contribution >= 4 is 47.8 Å². The van der Waals surface area contributed by atoms with Gasteiger partial charge in [-0.2, -0.15) is 0 Å². The Hall–Kier alpha value is -4.86. The van der Waals surface area contributed by atoms with Crippen molar-refractivity contribution in [3.63, 3.8) is 0 Å². The van der Waals surface area contributed by atoms with E-state index in [0.29, 0.717) is 0 Å². The van der Waals surface area contributed by atoms with Gasteiger partial charge in [0.05, 0.1) is 6.26 Å². The molecule has 0 spiro atoms. The van der Waals surface area contributed by atoms with Crippen molar-refractivity contribution in [2.24, 2.45) is 5.92 Å². The van der Waals surface area contributed by atoms with E-state index in [1.165, 1.54) is 26.2 Å². The Balaban J connectivity index is 2.11. The van der Waals surface area contributed by atoms with Gasteiger partial charge in [-0.25, -0.2) is 0 Å². The molecule has 0 N–H and O–H groups in total. The second kappa shape index (κ2) is 20.9. The second-order valence-electron chi connectivity index (χ2n) is 12.9. The van der Waals surface area contributed by atoms with Gasteiger partial charge in [0, 0.05) is 61.3 Å². The fourth-order valence-corrected chi connectivity index (χ4v) is 6.09. The molecule has 0 amide bonds. The molecule has 3 rings (SSSR count). The summed E-state index contributed by atoms with van der Waals surface area (Å²) in [5, 5.41) is 0. The van der Waals surface area contributed by atoms with E-state index >= 15 is 0 Å². The van der Waals surface area contributed by atoms with Crippen LogP contribution in [0.3, 0.4) is 0 Å². The molecule has 3 aliphatic rings. The van der Waals surface area contributed by atoms with Gasteiger partial charge in [-0.15, -0.1) is 0 Å². The SMILES string of the molecule is CC(=O)OC[C@H]1O[C@H](O[C@H]2[C@H](OC(C)=O)[C@@H](C)[C@@H](O[C@H]3[C@H](OC(C)=O)C=CO[C@@H]3COC(C)=O)O[C@@H]2COC(C)=O)[C@H](OC(C)=O)[C@@H](OC(C)=O)[C@@H]1OC(C)=O. The highest BCUT2D eigenvalue weighted by atomic mass is 16.8. The van der Waals surface area contributed by atoms with E-state index in [9.17, 15) is 38.4 Å². The number of esters is 8. The highest BCUT2D eigenvalue weighted by Crippen LogP contribution is 2.37. The first-order chi connectivity index (χ1) is 26.3. The Labute approximate surface area is 321 Å². The molecule has 2 saturated heterocycles. The van der Waals surface area contributed by atoms with Crippen LogP contribution in [0, 0.1) is 5.92 Å². The Kier molecular flexibility index (Phi) is 17.0. The van der Waals surface area contributed by atoms with Crippen LogP contribution in [0.25, 0.3) is 0 Å². The molecule has 3 aliphatic heterocycles. The zero-order chi connectivity index (χ0) is 41.9. The molecule has 0 aliphatic carbocycles. The Bertz CT molecular complexity index is 1480. The molecule has 0 saturated carbocycles. The molecule has 21 heteroatoms. The lowest BCUT2D eigenvalue weighted by Gasteiger charge is -2.49. The normalized spacial score (nSPS) is 32.3. The van der Waals surface area contributed by atoms with Crippen LogP contribution in [0.4, 0.5) is 0 Å². The highest BCUT2D eigenvalue weighted by Gasteiger charge is 2.57. The third kappa shape index (κ3) is 13.4. The average molecular weight is 805 g/mol. The predicted molar refractivity (Wildman–Crippen MR) is 178 cm³/mol. The first-order valence-corrected chi connectivity index (χ1v) is 17.5. The minimum Gasteiger partial charge on any atom is -0.492 e. The zero-order valence-corrected chi connectivity index (χ0v) is 32.4. The topological polar surface area (TPSA) is 257 Å². The maximum atomic E-state index is 12.6. The van der Waals surface area contributed by atoms with Gasteiger partial charge in [0.1, 0.15) is 50.3 Å². The number of hydrogen-bond donors (Lipinski definition) is 0. The van der Waals surface area contributed by atoms with Crippen LogP contribution >= 0.6 is 0 Å². The number of hydrogen-bond acceptors (Lipinski definition) is 21. The zero-order valence-electron chi connectivity index (χ0n) is 32.4. The monoisotopic (exact) mass is 804 g/mol. The molecule has 0 unspecified atom stereocenters. The number of ether oxygens (including phenoxy) is 13. The maximum Gasteiger partial charge on any atom is 0.303 e. The molecule has 56 heavy (non-hydrogen) atoms. The molecule has 3 heterocycles. The van der Waals surface area contributed by atoms with Crippen molar-refractivity contribution < 1.29 is 99.9 Å². The van der Waals surface area contributed by atoms with Gasteiger partial charge in [-0.1, -0.05) is 6.92 Å². The average Bonchev–Trinajstić information content (AvgIpc) is 3.07. The van der Waals surface area contributed by atoms with Crippen LogP contribution in [0.1, 0.15) is 62.3 Å². The lowest BCUT2D eigenvalue weighted by Crippen LogP contribution is -2.66. The Morgan fingerprint density at radius 2 is 0.857 bits per heavy atom. The van der Waals surface area contributed by atoms with E-state index in [4.69, 9.17) is 61.6 Å². The van der Waals surface area contributed by atoms with E-state index < -0.39 is 141 Å². The Morgan fingerprint density at radius 3 is 1.36 bits per heavy atom. The molecule has 0 aromatic carbocycles. The van der Waals surface area contributed by atoms with Gasteiger partial charge in [0.15, 0.2) is 43.1 Å². The van der Waals surface area contributed by atoms with Gasteiger partial charge in [-0.3, -0.25) is 38.4 Å². The summed E-state index contributed by atoms with van der Waals surface area (Å²) in [5.41, 5.74) is 0. The van der Waals surface area contributed by atoms with Crippen molar-refractivity contribution in [1.29, 1.82) is 0 Å². The van der Waals surface area contributed by atoms with Gasteiger partial charge >= 0.3 is 47.8 Å². The fourth-order valence-electron chi connectivity index (χ4n) is 6.09. The smallest absolute Gasteiger partial charge is 0.303 e. The summed E-state index contributed by atoms with van der Waals surface area (Å²) in [6, 6.07) is 0. The van der Waals surface area contributed by atoms with Crippen LogP contribution < -0.4 is 0 Å². The first kappa shape index (κ1) is 45.5. The molecular weight excluding hydrogens is 756 g/mol. The van der Waals surface area contributed by atoms with E-state index in [0.717, 1.165) is 41.5 Å². The van der Waals surface area contributed by atoms with E-state index in [2.05, 4.69) is 0 Å². The fraction of sp³-hybridized carbons (Fsp3) is 0.714. The van der Waals surface area contributed by atoms with Gasteiger partial charge < -0.3 is 61.6 Å². The van der Waals surface area contributed by atoms with Crippen molar-refractivity contribution in [3.8, 4) is 0 Å². The first-order valence-electron chi connectivity index (χ1n) is 17.5. The molecule has 0 aromatic heterocycles. The molecule has 314 valence electrons. The molecule has 13 atom stereocenters. The van der Waals surface area contributed by atoms with Crippen LogP contribution in [-0.2, 0) is 99.9 Å². The summed E-state index contributed by atoms with van der Waals surface area (Å²) in [5.74, 6) is -7.26. The van der Waals surface area contributed by atoms with Gasteiger partial charge in [-0.05, 0) is 6.08 Å². The molecule has 21 nitrogen and oxygen atoms in total. The van der Waals surface area contributed by atoms with Gasteiger partial charge in [0.25, 0.3) is 0 Å². The summed E-state index contributed by atoms with van der Waals surface area (Å²) in [7, 11) is 0. The van der Waals surface area contributed by atoms with E-state index in [1.54, 1.807) is 6.92 Å². The third-order valence-electron chi connectivity index (χ3n) is 8.20. The minimum absolute atomic E-state index is 0.331. The number of carbonyl (C=O) groups excluding carboxylic acids is 8. The molecule has 0 aromatic rings. The van der Waals surface area contributed by atoms with E-state index in [-0.39, 0.29) is 6.61 Å². The van der Waals surface area contributed by atoms with Gasteiger partial charge in [0.2, 0.25) is 0 Å². The summed E-state index contributed by atoms with van der Waals surface area (Å²) >= 11 is 0. The minimum atomic E-state index is -1.76. The number of carbonyl (C=O) groups is 8.